The molecular formula is C24H23ClN4O3. The molecule has 4 aromatic rings. The number of rotatable bonds is 6. The van der Waals surface area contributed by atoms with Crippen LogP contribution in [0.3, 0.4) is 0 Å². The van der Waals surface area contributed by atoms with Crippen LogP contribution in [0.25, 0.3) is 16.7 Å². The van der Waals surface area contributed by atoms with Crippen LogP contribution in [0.5, 0.6) is 11.6 Å². The van der Waals surface area contributed by atoms with Crippen molar-refractivity contribution in [3.63, 3.8) is 0 Å². The Morgan fingerprint density at radius 1 is 1.09 bits per heavy atom. The summed E-state index contributed by atoms with van der Waals surface area (Å²) in [5, 5.41) is 8.87. The van der Waals surface area contributed by atoms with Crippen molar-refractivity contribution in [3.05, 3.63) is 70.4 Å². The Hall–Kier alpha value is -3.58. The second-order valence-corrected chi connectivity index (χ2v) is 7.93. The SMILES string of the molecule is COc1ccc(Cl)cc1NC(=O)COc1cc(C)c2c(C)nn(-c3ccc(C)cc3)c2n1. The lowest BCUT2D eigenvalue weighted by molar-refractivity contribution is -0.118. The van der Waals surface area contributed by atoms with Gasteiger partial charge in [-0.15, -0.1) is 0 Å². The quantitative estimate of drug-likeness (QED) is 0.446. The molecule has 0 saturated carbocycles. The first-order valence-electron chi connectivity index (χ1n) is 10.1. The number of amides is 1. The van der Waals surface area contributed by atoms with E-state index in [0.29, 0.717) is 28.0 Å². The van der Waals surface area contributed by atoms with E-state index in [2.05, 4.69) is 15.4 Å². The Balaban J connectivity index is 1.57. The lowest BCUT2D eigenvalue weighted by Gasteiger charge is -2.11. The zero-order chi connectivity index (χ0) is 22.8. The van der Waals surface area contributed by atoms with E-state index in [1.165, 1.54) is 7.11 Å². The molecule has 164 valence electrons. The minimum atomic E-state index is -0.353. The van der Waals surface area contributed by atoms with Crippen LogP contribution in [0, 0.1) is 20.8 Å². The molecule has 0 aliphatic rings. The molecule has 32 heavy (non-hydrogen) atoms. The maximum absolute atomic E-state index is 12.5. The zero-order valence-electron chi connectivity index (χ0n) is 18.3. The van der Waals surface area contributed by atoms with Crippen molar-refractivity contribution < 1.29 is 14.3 Å². The molecule has 0 bridgehead atoms. The van der Waals surface area contributed by atoms with Gasteiger partial charge in [0.1, 0.15) is 5.75 Å². The third-order valence-electron chi connectivity index (χ3n) is 5.05. The Morgan fingerprint density at radius 3 is 2.56 bits per heavy atom. The van der Waals surface area contributed by atoms with Crippen molar-refractivity contribution in [1.29, 1.82) is 0 Å². The van der Waals surface area contributed by atoms with Crippen LogP contribution in [0.4, 0.5) is 5.69 Å². The van der Waals surface area contributed by atoms with E-state index in [0.717, 1.165) is 27.9 Å². The largest absolute Gasteiger partial charge is 0.495 e. The number of ether oxygens (including phenoxy) is 2. The maximum atomic E-state index is 12.5. The molecule has 1 amide bonds. The monoisotopic (exact) mass is 450 g/mol. The standard InChI is InChI=1S/C24H23ClN4O3/c1-14-5-8-18(9-6-14)29-24-23(16(3)28-29)15(2)11-22(27-24)32-13-21(30)26-19-12-17(25)7-10-20(19)31-4/h5-12H,13H2,1-4H3,(H,26,30). The van der Waals surface area contributed by atoms with E-state index in [4.69, 9.17) is 21.1 Å². The molecule has 0 saturated heterocycles. The summed E-state index contributed by atoms with van der Waals surface area (Å²) < 4.78 is 12.8. The molecule has 2 aromatic carbocycles. The Kier molecular flexibility index (Phi) is 6.01. The second-order valence-electron chi connectivity index (χ2n) is 7.49. The topological polar surface area (TPSA) is 78.3 Å². The van der Waals surface area contributed by atoms with Gasteiger partial charge >= 0.3 is 0 Å². The van der Waals surface area contributed by atoms with Crippen LogP contribution in [-0.4, -0.2) is 34.4 Å². The number of fused-ring (bicyclic) bond motifs is 1. The van der Waals surface area contributed by atoms with Crippen LogP contribution in [0.2, 0.25) is 5.02 Å². The lowest BCUT2D eigenvalue weighted by atomic mass is 10.1. The highest BCUT2D eigenvalue weighted by atomic mass is 35.5. The molecule has 0 unspecified atom stereocenters. The number of nitrogens with zero attached hydrogens (tertiary/aromatic N) is 3. The number of carbonyl (C=O) groups is 1. The molecule has 2 aromatic heterocycles. The van der Waals surface area contributed by atoms with E-state index in [1.54, 1.807) is 22.9 Å². The highest BCUT2D eigenvalue weighted by Crippen LogP contribution is 2.28. The van der Waals surface area contributed by atoms with Gasteiger partial charge in [-0.3, -0.25) is 4.79 Å². The number of aryl methyl sites for hydroxylation is 3. The van der Waals surface area contributed by atoms with Gasteiger partial charge in [-0.1, -0.05) is 29.3 Å². The van der Waals surface area contributed by atoms with Crippen LogP contribution in [-0.2, 0) is 4.79 Å². The summed E-state index contributed by atoms with van der Waals surface area (Å²) in [6, 6.07) is 14.9. The van der Waals surface area contributed by atoms with Gasteiger partial charge in [-0.25, -0.2) is 4.68 Å². The highest BCUT2D eigenvalue weighted by molar-refractivity contribution is 6.31. The van der Waals surface area contributed by atoms with E-state index >= 15 is 0 Å². The molecule has 8 heteroatoms. The maximum Gasteiger partial charge on any atom is 0.262 e. The van der Waals surface area contributed by atoms with Crippen molar-refractivity contribution >= 4 is 34.2 Å². The minimum absolute atomic E-state index is 0.217. The summed E-state index contributed by atoms with van der Waals surface area (Å²) in [5.41, 5.74) is 5.07. The van der Waals surface area contributed by atoms with E-state index < -0.39 is 0 Å². The summed E-state index contributed by atoms with van der Waals surface area (Å²) >= 11 is 6.02. The van der Waals surface area contributed by atoms with Crippen molar-refractivity contribution in [1.82, 2.24) is 14.8 Å². The first kappa shape index (κ1) is 21.6. The highest BCUT2D eigenvalue weighted by Gasteiger charge is 2.16. The number of hydrogen-bond donors (Lipinski definition) is 1. The molecular weight excluding hydrogens is 428 g/mol. The molecule has 4 rings (SSSR count). The van der Waals surface area contributed by atoms with Gasteiger partial charge in [0.25, 0.3) is 5.91 Å². The molecule has 2 heterocycles. The van der Waals surface area contributed by atoms with Gasteiger partial charge in [0, 0.05) is 16.5 Å². The molecule has 0 radical (unpaired) electrons. The van der Waals surface area contributed by atoms with Crippen LogP contribution < -0.4 is 14.8 Å². The number of pyridine rings is 1. The average molecular weight is 451 g/mol. The average Bonchev–Trinajstić information content (AvgIpc) is 3.10. The molecule has 0 atom stereocenters. The smallest absolute Gasteiger partial charge is 0.262 e. The summed E-state index contributed by atoms with van der Waals surface area (Å²) in [7, 11) is 1.52. The van der Waals surface area contributed by atoms with E-state index in [9.17, 15) is 4.79 Å². The van der Waals surface area contributed by atoms with E-state index in [-0.39, 0.29) is 12.5 Å². The number of aromatic nitrogens is 3. The summed E-state index contributed by atoms with van der Waals surface area (Å²) in [5.74, 6) is 0.500. The third kappa shape index (κ3) is 4.38. The van der Waals surface area contributed by atoms with Gasteiger partial charge in [-0.2, -0.15) is 10.1 Å². The number of methoxy groups -OCH3 is 1. The van der Waals surface area contributed by atoms with Gasteiger partial charge in [0.05, 0.1) is 24.2 Å². The first-order valence-corrected chi connectivity index (χ1v) is 10.4. The number of benzene rings is 2. The van der Waals surface area contributed by atoms with Crippen molar-refractivity contribution in [3.8, 4) is 17.3 Å². The fraction of sp³-hybridized carbons (Fsp3) is 0.208. The first-order chi connectivity index (χ1) is 15.4. The second kappa shape index (κ2) is 8.88. The van der Waals surface area contributed by atoms with Gasteiger partial charge in [-0.05, 0) is 56.7 Å². The number of halogens is 1. The number of anilines is 1. The summed E-state index contributed by atoms with van der Waals surface area (Å²) in [6.45, 7) is 5.75. The molecule has 0 fully saturated rings. The van der Waals surface area contributed by atoms with Gasteiger partial charge in [0.2, 0.25) is 5.88 Å². The van der Waals surface area contributed by atoms with Crippen molar-refractivity contribution in [2.45, 2.75) is 20.8 Å². The summed E-state index contributed by atoms with van der Waals surface area (Å²) in [4.78, 5) is 17.1. The Labute approximate surface area is 190 Å². The van der Waals surface area contributed by atoms with Crippen molar-refractivity contribution in [2.75, 3.05) is 19.0 Å². The number of nitrogens with one attached hydrogen (secondary N) is 1. The lowest BCUT2D eigenvalue weighted by Crippen LogP contribution is -2.21. The molecule has 1 N–H and O–H groups in total. The zero-order valence-corrected chi connectivity index (χ0v) is 19.0. The number of hydrogen-bond acceptors (Lipinski definition) is 5. The molecule has 0 spiro atoms. The van der Waals surface area contributed by atoms with Crippen LogP contribution >= 0.6 is 11.6 Å². The molecule has 0 aliphatic heterocycles. The Bertz CT molecular complexity index is 1300. The fourth-order valence-corrected chi connectivity index (χ4v) is 3.69. The van der Waals surface area contributed by atoms with Gasteiger partial charge in [0.15, 0.2) is 12.3 Å². The predicted octanol–water partition coefficient (Wildman–Crippen LogP) is 5.03. The van der Waals surface area contributed by atoms with E-state index in [1.807, 2.05) is 51.1 Å². The minimum Gasteiger partial charge on any atom is -0.495 e. The molecule has 0 aliphatic carbocycles. The Morgan fingerprint density at radius 2 is 1.84 bits per heavy atom. The summed E-state index contributed by atoms with van der Waals surface area (Å²) in [6.07, 6.45) is 0. The third-order valence-corrected chi connectivity index (χ3v) is 5.29. The molecule has 7 nitrogen and oxygen atoms in total. The number of carbonyl (C=O) groups excluding carboxylic acids is 1. The normalized spacial score (nSPS) is 10.9. The van der Waals surface area contributed by atoms with Gasteiger partial charge < -0.3 is 14.8 Å². The fourth-order valence-electron chi connectivity index (χ4n) is 3.52. The van der Waals surface area contributed by atoms with Crippen LogP contribution in [0.1, 0.15) is 16.8 Å². The van der Waals surface area contributed by atoms with Crippen LogP contribution in [0.15, 0.2) is 48.5 Å². The van der Waals surface area contributed by atoms with Crippen molar-refractivity contribution in [2.24, 2.45) is 0 Å². The predicted molar refractivity (Wildman–Crippen MR) is 125 cm³/mol.